The highest BCUT2D eigenvalue weighted by Crippen LogP contribution is 2.33. The standard InChI is InChI=1S/C15H12S2/c1-16-13-8-6-11(7-9-13)15-10-12-4-2-3-5-14(12)17-15/h2-10H,1H3. The van der Waals surface area contributed by atoms with Gasteiger partial charge in [-0.15, -0.1) is 23.1 Å². The molecule has 0 aliphatic carbocycles. The van der Waals surface area contributed by atoms with Crippen molar-refractivity contribution in [3.63, 3.8) is 0 Å². The summed E-state index contributed by atoms with van der Waals surface area (Å²) < 4.78 is 1.36. The van der Waals surface area contributed by atoms with Gasteiger partial charge in [0.15, 0.2) is 0 Å². The van der Waals surface area contributed by atoms with E-state index in [-0.39, 0.29) is 0 Å². The lowest BCUT2D eigenvalue weighted by Gasteiger charge is -1.98. The Morgan fingerprint density at radius 2 is 1.71 bits per heavy atom. The Morgan fingerprint density at radius 3 is 2.41 bits per heavy atom. The fourth-order valence-corrected chi connectivity index (χ4v) is 3.36. The summed E-state index contributed by atoms with van der Waals surface area (Å²) in [5.74, 6) is 0. The molecule has 0 aliphatic rings. The van der Waals surface area contributed by atoms with Gasteiger partial charge in [-0.25, -0.2) is 0 Å². The van der Waals surface area contributed by atoms with Gasteiger partial charge in [-0.2, -0.15) is 0 Å². The quantitative estimate of drug-likeness (QED) is 0.561. The van der Waals surface area contributed by atoms with Crippen LogP contribution >= 0.6 is 23.1 Å². The van der Waals surface area contributed by atoms with Crippen LogP contribution in [-0.4, -0.2) is 6.26 Å². The molecule has 0 spiro atoms. The van der Waals surface area contributed by atoms with Crippen molar-refractivity contribution in [3.05, 3.63) is 54.6 Å². The van der Waals surface area contributed by atoms with Crippen LogP contribution in [0, 0.1) is 0 Å². The Bertz CT molecular complexity index is 602. The molecule has 0 N–H and O–H groups in total. The molecule has 0 bridgehead atoms. The summed E-state index contributed by atoms with van der Waals surface area (Å²) in [6, 6.07) is 19.6. The van der Waals surface area contributed by atoms with E-state index in [0.717, 1.165) is 0 Å². The van der Waals surface area contributed by atoms with Gasteiger partial charge in [-0.1, -0.05) is 30.3 Å². The van der Waals surface area contributed by atoms with Crippen molar-refractivity contribution in [3.8, 4) is 10.4 Å². The van der Waals surface area contributed by atoms with Crippen LogP contribution in [0.1, 0.15) is 0 Å². The van der Waals surface area contributed by atoms with Crippen LogP contribution in [0.4, 0.5) is 0 Å². The first-order chi connectivity index (χ1) is 8.36. The minimum Gasteiger partial charge on any atom is -0.135 e. The van der Waals surface area contributed by atoms with Gasteiger partial charge < -0.3 is 0 Å². The van der Waals surface area contributed by atoms with Crippen molar-refractivity contribution in [2.24, 2.45) is 0 Å². The van der Waals surface area contributed by atoms with Crippen molar-refractivity contribution in [2.75, 3.05) is 6.26 Å². The molecule has 0 saturated carbocycles. The summed E-state index contributed by atoms with van der Waals surface area (Å²) >= 11 is 3.64. The van der Waals surface area contributed by atoms with Crippen LogP contribution < -0.4 is 0 Å². The number of hydrogen-bond acceptors (Lipinski definition) is 2. The summed E-state index contributed by atoms with van der Waals surface area (Å²) in [5, 5.41) is 1.33. The second-order valence-electron chi connectivity index (χ2n) is 3.88. The molecule has 0 fully saturated rings. The molecule has 84 valence electrons. The number of rotatable bonds is 2. The van der Waals surface area contributed by atoms with E-state index in [9.17, 15) is 0 Å². The van der Waals surface area contributed by atoms with E-state index in [1.165, 1.54) is 25.4 Å². The zero-order valence-electron chi connectivity index (χ0n) is 9.51. The van der Waals surface area contributed by atoms with Crippen molar-refractivity contribution in [1.29, 1.82) is 0 Å². The molecule has 2 heteroatoms. The lowest BCUT2D eigenvalue weighted by Crippen LogP contribution is -1.72. The van der Waals surface area contributed by atoms with Crippen molar-refractivity contribution < 1.29 is 0 Å². The summed E-state index contributed by atoms with van der Waals surface area (Å²) in [4.78, 5) is 2.66. The SMILES string of the molecule is CSc1ccc(-c2cc3ccccc3s2)cc1. The Balaban J connectivity index is 2.07. The topological polar surface area (TPSA) is 0 Å². The van der Waals surface area contributed by atoms with E-state index in [2.05, 4.69) is 60.9 Å². The predicted molar refractivity (Wildman–Crippen MR) is 79.0 cm³/mol. The maximum Gasteiger partial charge on any atom is 0.0355 e. The lowest BCUT2D eigenvalue weighted by atomic mass is 10.1. The molecule has 3 rings (SSSR count). The van der Waals surface area contributed by atoms with Gasteiger partial charge in [-0.3, -0.25) is 0 Å². The molecular formula is C15H12S2. The monoisotopic (exact) mass is 256 g/mol. The van der Waals surface area contributed by atoms with E-state index in [1.807, 2.05) is 11.3 Å². The number of thioether (sulfide) groups is 1. The minimum absolute atomic E-state index is 1.31. The molecule has 0 nitrogen and oxygen atoms in total. The van der Waals surface area contributed by atoms with Gasteiger partial charge in [0.1, 0.15) is 0 Å². The molecule has 17 heavy (non-hydrogen) atoms. The normalized spacial score (nSPS) is 10.9. The smallest absolute Gasteiger partial charge is 0.0355 e. The molecule has 3 aromatic rings. The van der Waals surface area contributed by atoms with Crippen molar-refractivity contribution >= 4 is 33.2 Å². The van der Waals surface area contributed by atoms with Crippen LogP contribution in [-0.2, 0) is 0 Å². The highest BCUT2D eigenvalue weighted by molar-refractivity contribution is 7.98. The van der Waals surface area contributed by atoms with Crippen molar-refractivity contribution in [2.45, 2.75) is 4.90 Å². The van der Waals surface area contributed by atoms with Crippen LogP contribution in [0.3, 0.4) is 0 Å². The summed E-state index contributed by atoms with van der Waals surface area (Å²) in [5.41, 5.74) is 1.31. The van der Waals surface area contributed by atoms with E-state index in [1.54, 1.807) is 11.8 Å². The van der Waals surface area contributed by atoms with Crippen molar-refractivity contribution in [1.82, 2.24) is 0 Å². The van der Waals surface area contributed by atoms with E-state index in [0.29, 0.717) is 0 Å². The van der Waals surface area contributed by atoms with Gasteiger partial charge in [0, 0.05) is 14.5 Å². The fourth-order valence-electron chi connectivity index (χ4n) is 1.88. The first-order valence-electron chi connectivity index (χ1n) is 5.50. The summed E-state index contributed by atoms with van der Waals surface area (Å²) in [6.45, 7) is 0. The van der Waals surface area contributed by atoms with E-state index in [4.69, 9.17) is 0 Å². The van der Waals surface area contributed by atoms with Crippen LogP contribution in [0.5, 0.6) is 0 Å². The Morgan fingerprint density at radius 1 is 0.941 bits per heavy atom. The molecule has 0 atom stereocenters. The molecular weight excluding hydrogens is 244 g/mol. The van der Waals surface area contributed by atoms with Crippen LogP contribution in [0.25, 0.3) is 20.5 Å². The van der Waals surface area contributed by atoms with E-state index >= 15 is 0 Å². The third-order valence-electron chi connectivity index (χ3n) is 2.80. The number of hydrogen-bond donors (Lipinski definition) is 0. The zero-order chi connectivity index (χ0) is 11.7. The third kappa shape index (κ3) is 2.11. The predicted octanol–water partition coefficient (Wildman–Crippen LogP) is 5.29. The Hall–Kier alpha value is -1.25. The average Bonchev–Trinajstić information content (AvgIpc) is 2.82. The Labute approximate surface area is 109 Å². The molecule has 1 heterocycles. The Kier molecular flexibility index (Phi) is 2.91. The van der Waals surface area contributed by atoms with Gasteiger partial charge in [-0.05, 0) is 41.5 Å². The minimum atomic E-state index is 1.31. The van der Waals surface area contributed by atoms with Gasteiger partial charge in [0.25, 0.3) is 0 Å². The maximum absolute atomic E-state index is 2.27. The second kappa shape index (κ2) is 4.55. The van der Waals surface area contributed by atoms with Crippen LogP contribution in [0.2, 0.25) is 0 Å². The largest absolute Gasteiger partial charge is 0.135 e. The third-order valence-corrected chi connectivity index (χ3v) is 4.71. The van der Waals surface area contributed by atoms with Gasteiger partial charge in [0.2, 0.25) is 0 Å². The molecule has 0 unspecified atom stereocenters. The number of benzene rings is 2. The maximum atomic E-state index is 2.27. The molecule has 0 aliphatic heterocycles. The van der Waals surface area contributed by atoms with Gasteiger partial charge >= 0.3 is 0 Å². The highest BCUT2D eigenvalue weighted by Gasteiger charge is 2.03. The number of thiophene rings is 1. The first-order valence-corrected chi connectivity index (χ1v) is 7.54. The summed E-state index contributed by atoms with van der Waals surface area (Å²) in [7, 11) is 0. The molecule has 1 aromatic heterocycles. The first kappa shape index (κ1) is 10.9. The second-order valence-corrected chi connectivity index (χ2v) is 5.84. The van der Waals surface area contributed by atoms with Gasteiger partial charge in [0.05, 0.1) is 0 Å². The molecule has 0 saturated heterocycles. The average molecular weight is 256 g/mol. The molecule has 0 amide bonds. The number of fused-ring (bicyclic) bond motifs is 1. The summed E-state index contributed by atoms with van der Waals surface area (Å²) in [6.07, 6.45) is 2.11. The fraction of sp³-hybridized carbons (Fsp3) is 0.0667. The van der Waals surface area contributed by atoms with Crippen LogP contribution in [0.15, 0.2) is 59.5 Å². The highest BCUT2D eigenvalue weighted by atomic mass is 32.2. The molecule has 0 radical (unpaired) electrons. The molecule has 2 aromatic carbocycles. The lowest BCUT2D eigenvalue weighted by molar-refractivity contribution is 1.47. The zero-order valence-corrected chi connectivity index (χ0v) is 11.1. The van der Waals surface area contributed by atoms with E-state index < -0.39 is 0 Å².